The predicted octanol–water partition coefficient (Wildman–Crippen LogP) is 5.37. The molecular weight excluding hydrogens is 660 g/mol. The van der Waals surface area contributed by atoms with Gasteiger partial charge in [-0.05, 0) is 81.3 Å². The molecule has 0 spiro atoms. The maximum Gasteiger partial charge on any atom is 0.259 e. The number of aryl methyl sites for hydroxylation is 1. The fraction of sp³-hybridized carbons (Fsp3) is 0.359. The second kappa shape index (κ2) is 16.6. The number of rotatable bonds is 14. The van der Waals surface area contributed by atoms with Crippen molar-refractivity contribution in [3.8, 4) is 11.5 Å². The van der Waals surface area contributed by atoms with Crippen LogP contribution in [0.3, 0.4) is 0 Å². The van der Waals surface area contributed by atoms with Crippen LogP contribution in [0.4, 0.5) is 11.4 Å². The van der Waals surface area contributed by atoms with Crippen molar-refractivity contribution in [3.63, 3.8) is 0 Å². The summed E-state index contributed by atoms with van der Waals surface area (Å²) in [4.78, 5) is 57.7. The lowest BCUT2D eigenvalue weighted by Crippen LogP contribution is -2.47. The van der Waals surface area contributed by atoms with E-state index < -0.39 is 5.91 Å². The number of ether oxygens (including phenoxy) is 2. The number of nitrogens with zero attached hydrogens (tertiary/aromatic N) is 6. The largest absolute Gasteiger partial charge is 0.496 e. The second-order valence-electron chi connectivity index (χ2n) is 13.2. The maximum atomic E-state index is 13.8. The third-order valence-corrected chi connectivity index (χ3v) is 9.32. The number of benzene rings is 3. The number of aromatic nitrogens is 4. The molecule has 52 heavy (non-hydrogen) atoms. The number of carbonyl (C=O) groups excluding carboxylic acids is 3. The predicted molar refractivity (Wildman–Crippen MR) is 200 cm³/mol. The van der Waals surface area contributed by atoms with Gasteiger partial charge in [-0.1, -0.05) is 12.1 Å². The molecule has 1 aliphatic rings. The molecule has 1 fully saturated rings. The van der Waals surface area contributed by atoms with Crippen LogP contribution in [-0.2, 0) is 11.3 Å². The zero-order valence-corrected chi connectivity index (χ0v) is 30.2. The van der Waals surface area contributed by atoms with Crippen molar-refractivity contribution in [1.82, 2.24) is 29.3 Å². The van der Waals surface area contributed by atoms with E-state index in [1.807, 2.05) is 52.9 Å². The van der Waals surface area contributed by atoms with E-state index in [0.717, 1.165) is 62.3 Å². The molecular formula is C39H46N8O5. The van der Waals surface area contributed by atoms with Gasteiger partial charge in [-0.25, -0.2) is 9.97 Å². The Kier molecular flexibility index (Phi) is 11.5. The third kappa shape index (κ3) is 8.60. The number of amides is 3. The van der Waals surface area contributed by atoms with Gasteiger partial charge in [-0.2, -0.15) is 0 Å². The summed E-state index contributed by atoms with van der Waals surface area (Å²) in [5, 5.41) is 2.96. The van der Waals surface area contributed by atoms with Crippen molar-refractivity contribution >= 4 is 40.1 Å². The number of nitrogens with one attached hydrogen (secondary N) is 2. The summed E-state index contributed by atoms with van der Waals surface area (Å²) < 4.78 is 13.7. The normalized spacial score (nSPS) is 13.3. The summed E-state index contributed by atoms with van der Waals surface area (Å²) >= 11 is 0. The van der Waals surface area contributed by atoms with Crippen LogP contribution in [0.5, 0.6) is 11.5 Å². The van der Waals surface area contributed by atoms with E-state index in [1.54, 1.807) is 43.8 Å². The molecule has 0 radical (unpaired) electrons. The average Bonchev–Trinajstić information content (AvgIpc) is 3.83. The number of piperazine rings is 1. The number of likely N-dealkylation sites (N-methyl/N-ethyl adjacent to an activating group) is 1. The molecule has 1 saturated heterocycles. The topological polar surface area (TPSA) is 138 Å². The number of carbonyl (C=O) groups is 3. The Bertz CT molecular complexity index is 2020. The van der Waals surface area contributed by atoms with Crippen LogP contribution in [0.2, 0.25) is 0 Å². The SMILES string of the molecule is COc1cc(C(=O)N(C)c2ccc(C)cc2OCCCCCC(=O)N2CCN(C)CC2)ccc1C(=O)Nc1cccc2[nH]c(Cn3ccnc3)nc12. The first kappa shape index (κ1) is 36.1. The van der Waals surface area contributed by atoms with E-state index >= 15 is 0 Å². The monoisotopic (exact) mass is 706 g/mol. The molecule has 6 rings (SSSR count). The fourth-order valence-corrected chi connectivity index (χ4v) is 6.28. The van der Waals surface area contributed by atoms with Crippen LogP contribution in [-0.4, -0.2) is 101 Å². The molecule has 0 atom stereocenters. The smallest absolute Gasteiger partial charge is 0.259 e. The molecule has 3 heterocycles. The summed E-state index contributed by atoms with van der Waals surface area (Å²) in [7, 11) is 5.25. The summed E-state index contributed by atoms with van der Waals surface area (Å²) in [5.41, 5.74) is 4.23. The van der Waals surface area contributed by atoms with Gasteiger partial charge in [0, 0.05) is 57.6 Å². The molecule has 0 aliphatic carbocycles. The Morgan fingerprint density at radius 1 is 0.981 bits per heavy atom. The van der Waals surface area contributed by atoms with Gasteiger partial charge in [0.2, 0.25) is 5.91 Å². The Hall–Kier alpha value is -5.69. The number of imidazole rings is 2. The quantitative estimate of drug-likeness (QED) is 0.147. The van der Waals surface area contributed by atoms with Crippen molar-refractivity contribution in [2.45, 2.75) is 39.2 Å². The lowest BCUT2D eigenvalue weighted by Gasteiger charge is -2.32. The van der Waals surface area contributed by atoms with Gasteiger partial charge in [-0.15, -0.1) is 0 Å². The number of anilines is 2. The van der Waals surface area contributed by atoms with Crippen molar-refractivity contribution in [3.05, 3.63) is 95.8 Å². The highest BCUT2D eigenvalue weighted by Crippen LogP contribution is 2.31. The van der Waals surface area contributed by atoms with Gasteiger partial charge >= 0.3 is 0 Å². The Morgan fingerprint density at radius 3 is 2.58 bits per heavy atom. The third-order valence-electron chi connectivity index (χ3n) is 9.32. The molecule has 0 unspecified atom stereocenters. The van der Waals surface area contributed by atoms with Gasteiger partial charge in [0.1, 0.15) is 22.8 Å². The van der Waals surface area contributed by atoms with E-state index in [0.29, 0.717) is 47.8 Å². The van der Waals surface area contributed by atoms with E-state index in [-0.39, 0.29) is 23.1 Å². The molecule has 3 amide bonds. The highest BCUT2D eigenvalue weighted by atomic mass is 16.5. The van der Waals surface area contributed by atoms with Gasteiger partial charge < -0.3 is 39.0 Å². The highest BCUT2D eigenvalue weighted by Gasteiger charge is 2.22. The Balaban J connectivity index is 1.07. The molecule has 0 saturated carbocycles. The second-order valence-corrected chi connectivity index (χ2v) is 13.2. The maximum absolute atomic E-state index is 13.8. The van der Waals surface area contributed by atoms with Crippen LogP contribution in [0.15, 0.2) is 73.3 Å². The molecule has 0 bridgehead atoms. The molecule has 5 aromatic rings. The number of hydrogen-bond acceptors (Lipinski definition) is 8. The van der Waals surface area contributed by atoms with E-state index in [9.17, 15) is 14.4 Å². The van der Waals surface area contributed by atoms with Crippen molar-refractivity contribution in [1.29, 1.82) is 0 Å². The van der Waals surface area contributed by atoms with E-state index in [4.69, 9.17) is 14.5 Å². The highest BCUT2D eigenvalue weighted by molar-refractivity contribution is 6.11. The molecule has 13 heteroatoms. The van der Waals surface area contributed by atoms with Crippen molar-refractivity contribution < 1.29 is 23.9 Å². The zero-order chi connectivity index (χ0) is 36.6. The van der Waals surface area contributed by atoms with Crippen LogP contribution in [0.1, 0.15) is 57.8 Å². The van der Waals surface area contributed by atoms with E-state index in [2.05, 4.69) is 27.2 Å². The van der Waals surface area contributed by atoms with Crippen molar-refractivity contribution in [2.24, 2.45) is 0 Å². The van der Waals surface area contributed by atoms with Crippen LogP contribution < -0.4 is 19.7 Å². The lowest BCUT2D eigenvalue weighted by atomic mass is 10.1. The summed E-state index contributed by atoms with van der Waals surface area (Å²) in [5.74, 6) is 1.14. The van der Waals surface area contributed by atoms with Crippen LogP contribution in [0.25, 0.3) is 11.0 Å². The standard InChI is InChI=1S/C39H46N8O5/c1-27-12-15-32(34(23-27)52-22-7-5-6-11-36(48)47-20-18-44(2)19-21-47)45(3)39(50)28-13-14-29(33(24-28)51-4)38(49)42-31-10-8-9-30-37(31)43-35(41-30)25-46-17-16-40-26-46/h8-10,12-17,23-24,26H,5-7,11,18-22,25H2,1-4H3,(H,41,43)(H,42,49). The molecule has 2 aromatic heterocycles. The number of hydrogen-bond donors (Lipinski definition) is 2. The number of unbranched alkanes of at least 4 members (excludes halogenated alkanes) is 2. The summed E-state index contributed by atoms with van der Waals surface area (Å²) in [6.07, 6.45) is 8.31. The van der Waals surface area contributed by atoms with Gasteiger partial charge in [0.25, 0.3) is 11.8 Å². The zero-order valence-electron chi connectivity index (χ0n) is 30.2. The first-order chi connectivity index (χ1) is 25.2. The van der Waals surface area contributed by atoms with Crippen LogP contribution >= 0.6 is 0 Å². The number of fused-ring (bicyclic) bond motifs is 1. The molecule has 272 valence electrons. The van der Waals surface area contributed by atoms with E-state index in [1.165, 1.54) is 12.0 Å². The fourth-order valence-electron chi connectivity index (χ4n) is 6.28. The Morgan fingerprint density at radius 2 is 1.81 bits per heavy atom. The average molecular weight is 707 g/mol. The first-order valence-corrected chi connectivity index (χ1v) is 17.6. The molecule has 2 N–H and O–H groups in total. The molecule has 3 aromatic carbocycles. The number of H-pyrrole nitrogens is 1. The minimum absolute atomic E-state index is 0.225. The van der Waals surface area contributed by atoms with Crippen molar-refractivity contribution in [2.75, 3.05) is 64.2 Å². The Labute approximate surface area is 303 Å². The number of methoxy groups -OCH3 is 1. The van der Waals surface area contributed by atoms with Crippen LogP contribution in [0, 0.1) is 6.92 Å². The lowest BCUT2D eigenvalue weighted by molar-refractivity contribution is -0.132. The van der Waals surface area contributed by atoms with Gasteiger partial charge in [0.05, 0.1) is 49.0 Å². The summed E-state index contributed by atoms with van der Waals surface area (Å²) in [6, 6.07) is 16.0. The number of aromatic amines is 1. The minimum atomic E-state index is -0.395. The number of para-hydroxylation sites is 1. The van der Waals surface area contributed by atoms with Gasteiger partial charge in [0.15, 0.2) is 0 Å². The molecule has 13 nitrogen and oxygen atoms in total. The minimum Gasteiger partial charge on any atom is -0.496 e. The molecule has 1 aliphatic heterocycles. The first-order valence-electron chi connectivity index (χ1n) is 17.6. The summed E-state index contributed by atoms with van der Waals surface area (Å²) in [6.45, 7) is 6.40. The van der Waals surface area contributed by atoms with Gasteiger partial charge in [-0.3, -0.25) is 14.4 Å².